The Morgan fingerprint density at radius 3 is 2.53 bits per heavy atom. The van der Waals surface area contributed by atoms with E-state index in [9.17, 15) is 0 Å². The molecule has 1 aromatic rings. The van der Waals surface area contributed by atoms with Gasteiger partial charge in [-0.05, 0) is 37.7 Å². The van der Waals surface area contributed by atoms with Gasteiger partial charge in [0.05, 0.1) is 0 Å². The molecule has 1 atom stereocenters. The fraction of sp³-hybridized carbons (Fsp3) is 0.500. The summed E-state index contributed by atoms with van der Waals surface area (Å²) in [6.07, 6.45) is 9.18. The van der Waals surface area contributed by atoms with Crippen molar-refractivity contribution in [2.75, 3.05) is 0 Å². The SMILES string of the molecule is C=CCCCC(N)C1(c2ccccc2)CCC1. The molecule has 0 bridgehead atoms. The van der Waals surface area contributed by atoms with E-state index in [-0.39, 0.29) is 5.41 Å². The third kappa shape index (κ3) is 2.44. The van der Waals surface area contributed by atoms with E-state index in [0.717, 1.165) is 12.8 Å². The first-order valence-corrected chi connectivity index (χ1v) is 6.71. The molecule has 1 nitrogen and oxygen atoms in total. The molecule has 0 aliphatic heterocycles. The van der Waals surface area contributed by atoms with Crippen molar-refractivity contribution in [2.24, 2.45) is 5.73 Å². The normalized spacial score (nSPS) is 19.4. The van der Waals surface area contributed by atoms with Crippen molar-refractivity contribution in [1.29, 1.82) is 0 Å². The third-order valence-corrected chi connectivity index (χ3v) is 4.23. The molecule has 0 heterocycles. The Bertz CT molecular complexity index is 351. The van der Waals surface area contributed by atoms with Crippen LogP contribution in [-0.4, -0.2) is 6.04 Å². The van der Waals surface area contributed by atoms with Gasteiger partial charge in [0.15, 0.2) is 0 Å². The lowest BCUT2D eigenvalue weighted by Gasteiger charge is -2.47. The second-order valence-electron chi connectivity index (χ2n) is 5.20. The van der Waals surface area contributed by atoms with Gasteiger partial charge in [0.25, 0.3) is 0 Å². The van der Waals surface area contributed by atoms with Crippen LogP contribution in [0.15, 0.2) is 43.0 Å². The number of nitrogens with two attached hydrogens (primary N) is 1. The van der Waals surface area contributed by atoms with Gasteiger partial charge >= 0.3 is 0 Å². The van der Waals surface area contributed by atoms with E-state index in [2.05, 4.69) is 36.9 Å². The smallest absolute Gasteiger partial charge is 0.0136 e. The van der Waals surface area contributed by atoms with Crippen LogP contribution in [0.2, 0.25) is 0 Å². The average Bonchev–Trinajstić information content (AvgIpc) is 2.29. The van der Waals surface area contributed by atoms with Crippen LogP contribution < -0.4 is 5.73 Å². The van der Waals surface area contributed by atoms with Gasteiger partial charge in [-0.15, -0.1) is 6.58 Å². The maximum atomic E-state index is 6.45. The van der Waals surface area contributed by atoms with E-state index in [0.29, 0.717) is 6.04 Å². The number of allylic oxidation sites excluding steroid dienone is 1. The first-order chi connectivity index (χ1) is 8.29. The van der Waals surface area contributed by atoms with Gasteiger partial charge in [-0.1, -0.05) is 42.8 Å². The molecule has 17 heavy (non-hydrogen) atoms. The predicted octanol–water partition coefficient (Wildman–Crippen LogP) is 3.79. The Hall–Kier alpha value is -1.08. The summed E-state index contributed by atoms with van der Waals surface area (Å²) in [6, 6.07) is 11.1. The van der Waals surface area contributed by atoms with Crippen LogP contribution in [0.3, 0.4) is 0 Å². The molecular formula is C16H23N. The summed E-state index contributed by atoms with van der Waals surface area (Å²) in [5, 5.41) is 0. The van der Waals surface area contributed by atoms with E-state index in [4.69, 9.17) is 5.73 Å². The molecule has 2 N–H and O–H groups in total. The van der Waals surface area contributed by atoms with Gasteiger partial charge in [0, 0.05) is 11.5 Å². The highest BCUT2D eigenvalue weighted by Crippen LogP contribution is 2.46. The lowest BCUT2D eigenvalue weighted by atomic mass is 9.59. The van der Waals surface area contributed by atoms with Crippen molar-refractivity contribution in [2.45, 2.75) is 50.0 Å². The van der Waals surface area contributed by atoms with E-state index >= 15 is 0 Å². The highest BCUT2D eigenvalue weighted by atomic mass is 14.7. The van der Waals surface area contributed by atoms with E-state index < -0.39 is 0 Å². The molecule has 0 aromatic heterocycles. The van der Waals surface area contributed by atoms with Crippen LogP contribution in [0.1, 0.15) is 44.1 Å². The van der Waals surface area contributed by atoms with Gasteiger partial charge in [-0.25, -0.2) is 0 Å². The average molecular weight is 229 g/mol. The maximum absolute atomic E-state index is 6.45. The Balaban J connectivity index is 2.06. The second-order valence-corrected chi connectivity index (χ2v) is 5.20. The molecule has 92 valence electrons. The third-order valence-electron chi connectivity index (χ3n) is 4.23. The minimum absolute atomic E-state index is 0.266. The molecule has 1 heteroatoms. The molecule has 0 amide bonds. The topological polar surface area (TPSA) is 26.0 Å². The highest BCUT2D eigenvalue weighted by Gasteiger charge is 2.43. The van der Waals surface area contributed by atoms with Gasteiger partial charge < -0.3 is 5.73 Å². The largest absolute Gasteiger partial charge is 0.327 e. The van der Waals surface area contributed by atoms with Gasteiger partial charge in [-0.3, -0.25) is 0 Å². The van der Waals surface area contributed by atoms with E-state index in [1.807, 2.05) is 6.08 Å². The van der Waals surface area contributed by atoms with Crippen molar-refractivity contribution in [1.82, 2.24) is 0 Å². The number of rotatable bonds is 6. The van der Waals surface area contributed by atoms with Crippen LogP contribution in [-0.2, 0) is 5.41 Å². The molecule has 0 saturated heterocycles. The molecule has 1 aromatic carbocycles. The van der Waals surface area contributed by atoms with Crippen molar-refractivity contribution in [3.8, 4) is 0 Å². The molecule has 1 aliphatic rings. The van der Waals surface area contributed by atoms with Crippen LogP contribution in [0.4, 0.5) is 0 Å². The molecular weight excluding hydrogens is 206 g/mol. The van der Waals surface area contributed by atoms with E-state index in [1.54, 1.807) is 0 Å². The van der Waals surface area contributed by atoms with Crippen molar-refractivity contribution in [3.63, 3.8) is 0 Å². The van der Waals surface area contributed by atoms with Crippen LogP contribution in [0.5, 0.6) is 0 Å². The van der Waals surface area contributed by atoms with Gasteiger partial charge in [-0.2, -0.15) is 0 Å². The molecule has 0 radical (unpaired) electrons. The van der Waals surface area contributed by atoms with Gasteiger partial charge in [0.2, 0.25) is 0 Å². The Morgan fingerprint density at radius 1 is 1.29 bits per heavy atom. The zero-order chi connectivity index (χ0) is 12.1. The first-order valence-electron chi connectivity index (χ1n) is 6.71. The molecule has 0 spiro atoms. The summed E-state index contributed by atoms with van der Waals surface area (Å²) in [5.74, 6) is 0. The number of hydrogen-bond acceptors (Lipinski definition) is 1. The zero-order valence-corrected chi connectivity index (χ0v) is 10.6. The van der Waals surface area contributed by atoms with Crippen molar-refractivity contribution >= 4 is 0 Å². The molecule has 1 fully saturated rings. The lowest BCUT2D eigenvalue weighted by Crippen LogP contribution is -2.50. The quantitative estimate of drug-likeness (QED) is 0.583. The van der Waals surface area contributed by atoms with Crippen LogP contribution in [0.25, 0.3) is 0 Å². The Labute approximate surface area is 105 Å². The summed E-state index contributed by atoms with van der Waals surface area (Å²) >= 11 is 0. The molecule has 2 rings (SSSR count). The number of hydrogen-bond donors (Lipinski definition) is 1. The second kappa shape index (κ2) is 5.50. The summed E-state index contributed by atoms with van der Waals surface area (Å²) in [6.45, 7) is 3.77. The Kier molecular flexibility index (Phi) is 4.01. The Morgan fingerprint density at radius 2 is 2.00 bits per heavy atom. The predicted molar refractivity (Wildman–Crippen MR) is 74.0 cm³/mol. The van der Waals surface area contributed by atoms with Crippen LogP contribution in [0, 0.1) is 0 Å². The fourth-order valence-corrected chi connectivity index (χ4v) is 2.96. The molecule has 1 saturated carbocycles. The fourth-order valence-electron chi connectivity index (χ4n) is 2.96. The summed E-state index contributed by atoms with van der Waals surface area (Å²) in [4.78, 5) is 0. The van der Waals surface area contributed by atoms with Crippen molar-refractivity contribution in [3.05, 3.63) is 48.6 Å². The van der Waals surface area contributed by atoms with E-state index in [1.165, 1.54) is 31.2 Å². The standard InChI is InChI=1S/C16H23N/c1-2-3-5-11-15(17)16(12-8-13-16)14-9-6-4-7-10-14/h2,4,6-7,9-10,15H,1,3,5,8,11-13,17H2. The summed E-state index contributed by atoms with van der Waals surface area (Å²) in [5.41, 5.74) is 8.16. The minimum Gasteiger partial charge on any atom is -0.327 e. The molecule has 1 unspecified atom stereocenters. The minimum atomic E-state index is 0.266. The maximum Gasteiger partial charge on any atom is 0.0136 e. The lowest BCUT2D eigenvalue weighted by molar-refractivity contribution is 0.187. The summed E-state index contributed by atoms with van der Waals surface area (Å²) < 4.78 is 0. The van der Waals surface area contributed by atoms with Crippen molar-refractivity contribution < 1.29 is 0 Å². The monoisotopic (exact) mass is 229 g/mol. The highest BCUT2D eigenvalue weighted by molar-refractivity contribution is 5.30. The zero-order valence-electron chi connectivity index (χ0n) is 10.6. The van der Waals surface area contributed by atoms with Crippen LogP contribution >= 0.6 is 0 Å². The van der Waals surface area contributed by atoms with Gasteiger partial charge in [0.1, 0.15) is 0 Å². The number of benzene rings is 1. The first kappa shape index (κ1) is 12.4. The number of unbranched alkanes of at least 4 members (excludes halogenated alkanes) is 1. The summed E-state index contributed by atoms with van der Waals surface area (Å²) in [7, 11) is 0. The molecule has 1 aliphatic carbocycles.